The Morgan fingerprint density at radius 2 is 1.93 bits per heavy atom. The van der Waals surface area contributed by atoms with Crippen LogP contribution in [-0.2, 0) is 14.4 Å². The molecule has 0 radical (unpaired) electrons. The highest BCUT2D eigenvalue weighted by Gasteiger charge is 2.35. The fourth-order valence-electron chi connectivity index (χ4n) is 3.49. The molecule has 2 heterocycles. The maximum Gasteiger partial charge on any atom is 0.268 e. The minimum absolute atomic E-state index is 0.00667. The summed E-state index contributed by atoms with van der Waals surface area (Å²) in [6, 6.07) is 5.22. The molecule has 1 unspecified atom stereocenters. The van der Waals surface area contributed by atoms with Gasteiger partial charge in [0.15, 0.2) is 6.10 Å². The van der Waals surface area contributed by atoms with Crippen LogP contribution in [0.3, 0.4) is 0 Å². The van der Waals surface area contributed by atoms with Gasteiger partial charge in [0.2, 0.25) is 11.8 Å². The van der Waals surface area contributed by atoms with Gasteiger partial charge < -0.3 is 15.0 Å². The normalized spacial score (nSPS) is 19.3. The SMILES string of the molecule is CCC1Oc2ccc(NC(=O)C(C)C)cc2N(CC(=O)N2CCCCC2)C1=O. The Labute approximate surface area is 166 Å². The zero-order valence-corrected chi connectivity index (χ0v) is 16.9. The monoisotopic (exact) mass is 387 g/mol. The molecule has 2 aliphatic heterocycles. The number of nitrogens with one attached hydrogen (secondary N) is 1. The van der Waals surface area contributed by atoms with Gasteiger partial charge in [-0.2, -0.15) is 0 Å². The van der Waals surface area contributed by atoms with Crippen LogP contribution in [0.4, 0.5) is 11.4 Å². The first-order valence-corrected chi connectivity index (χ1v) is 10.1. The molecule has 1 saturated heterocycles. The molecule has 1 aromatic carbocycles. The molecule has 7 heteroatoms. The lowest BCUT2D eigenvalue weighted by Gasteiger charge is -2.36. The topological polar surface area (TPSA) is 79.0 Å². The summed E-state index contributed by atoms with van der Waals surface area (Å²) in [5.74, 6) is 0.0288. The van der Waals surface area contributed by atoms with E-state index in [1.165, 1.54) is 4.90 Å². The molecule has 1 N–H and O–H groups in total. The van der Waals surface area contributed by atoms with Crippen LogP contribution in [0.15, 0.2) is 18.2 Å². The Hall–Kier alpha value is -2.57. The second-order valence-corrected chi connectivity index (χ2v) is 7.71. The Morgan fingerprint density at radius 1 is 1.21 bits per heavy atom. The minimum Gasteiger partial charge on any atom is -0.478 e. The summed E-state index contributed by atoms with van der Waals surface area (Å²) < 4.78 is 5.83. The van der Waals surface area contributed by atoms with Crippen molar-refractivity contribution < 1.29 is 19.1 Å². The number of carbonyl (C=O) groups excluding carboxylic acids is 3. The first kappa shape index (κ1) is 20.2. The standard InChI is InChI=1S/C21H29N3O4/c1-4-17-21(27)24(13-19(25)23-10-6-5-7-11-23)16-12-15(8-9-18(16)28-17)22-20(26)14(2)3/h8-9,12,14,17H,4-7,10-11,13H2,1-3H3,(H,22,26). The largest absolute Gasteiger partial charge is 0.478 e. The van der Waals surface area contributed by atoms with Crippen LogP contribution in [0.2, 0.25) is 0 Å². The molecule has 1 aromatic rings. The van der Waals surface area contributed by atoms with E-state index < -0.39 is 6.10 Å². The highest BCUT2D eigenvalue weighted by atomic mass is 16.5. The third-order valence-corrected chi connectivity index (χ3v) is 5.23. The molecule has 7 nitrogen and oxygen atoms in total. The van der Waals surface area contributed by atoms with E-state index in [1.54, 1.807) is 18.2 Å². The van der Waals surface area contributed by atoms with E-state index in [0.717, 1.165) is 32.4 Å². The van der Waals surface area contributed by atoms with Gasteiger partial charge in [0.25, 0.3) is 5.91 Å². The quantitative estimate of drug-likeness (QED) is 0.843. The Balaban J connectivity index is 1.86. The number of benzene rings is 1. The lowest BCUT2D eigenvalue weighted by molar-refractivity contribution is -0.134. The van der Waals surface area contributed by atoms with Gasteiger partial charge in [-0.15, -0.1) is 0 Å². The van der Waals surface area contributed by atoms with Gasteiger partial charge in [0, 0.05) is 24.7 Å². The van der Waals surface area contributed by atoms with Crippen molar-refractivity contribution in [3.05, 3.63) is 18.2 Å². The van der Waals surface area contributed by atoms with Gasteiger partial charge in [0.05, 0.1) is 5.69 Å². The van der Waals surface area contributed by atoms with E-state index >= 15 is 0 Å². The molecule has 2 aliphatic rings. The van der Waals surface area contributed by atoms with Crippen molar-refractivity contribution in [1.82, 2.24) is 4.90 Å². The second kappa shape index (κ2) is 8.63. The molecule has 0 aromatic heterocycles. The highest BCUT2D eigenvalue weighted by molar-refractivity contribution is 6.04. The van der Waals surface area contributed by atoms with Crippen molar-refractivity contribution in [3.63, 3.8) is 0 Å². The Kier molecular flexibility index (Phi) is 6.21. The van der Waals surface area contributed by atoms with Gasteiger partial charge in [-0.25, -0.2) is 0 Å². The number of carbonyl (C=O) groups is 3. The average Bonchev–Trinajstić information content (AvgIpc) is 2.70. The van der Waals surface area contributed by atoms with Crippen molar-refractivity contribution in [2.24, 2.45) is 5.92 Å². The molecule has 0 bridgehead atoms. The van der Waals surface area contributed by atoms with Crippen LogP contribution < -0.4 is 15.0 Å². The maximum absolute atomic E-state index is 12.9. The van der Waals surface area contributed by atoms with Crippen molar-refractivity contribution in [3.8, 4) is 5.75 Å². The number of amides is 3. The predicted molar refractivity (Wildman–Crippen MR) is 107 cm³/mol. The molecule has 0 aliphatic carbocycles. The number of likely N-dealkylation sites (tertiary alicyclic amines) is 1. The maximum atomic E-state index is 12.9. The number of fused-ring (bicyclic) bond motifs is 1. The molecule has 152 valence electrons. The first-order valence-electron chi connectivity index (χ1n) is 10.1. The summed E-state index contributed by atoms with van der Waals surface area (Å²) in [7, 11) is 0. The number of hydrogen-bond donors (Lipinski definition) is 1. The third kappa shape index (κ3) is 4.29. The Bertz CT molecular complexity index is 756. The number of hydrogen-bond acceptors (Lipinski definition) is 4. The minimum atomic E-state index is -0.599. The van der Waals surface area contributed by atoms with Crippen molar-refractivity contribution >= 4 is 29.1 Å². The molecule has 0 saturated carbocycles. The molecular weight excluding hydrogens is 358 g/mol. The van der Waals surface area contributed by atoms with E-state index in [2.05, 4.69) is 5.32 Å². The predicted octanol–water partition coefficient (Wildman–Crippen LogP) is 2.80. The summed E-state index contributed by atoms with van der Waals surface area (Å²) in [6.45, 7) is 6.99. The summed E-state index contributed by atoms with van der Waals surface area (Å²) in [6.07, 6.45) is 3.07. The van der Waals surface area contributed by atoms with E-state index in [-0.39, 0.29) is 30.2 Å². The van der Waals surface area contributed by atoms with Crippen LogP contribution in [0.5, 0.6) is 5.75 Å². The molecule has 3 rings (SSSR count). The fraction of sp³-hybridized carbons (Fsp3) is 0.571. The molecular formula is C21H29N3O4. The Morgan fingerprint density at radius 3 is 2.57 bits per heavy atom. The van der Waals surface area contributed by atoms with E-state index in [4.69, 9.17) is 4.74 Å². The lowest BCUT2D eigenvalue weighted by atomic mass is 10.1. The number of rotatable bonds is 5. The van der Waals surface area contributed by atoms with Gasteiger partial charge >= 0.3 is 0 Å². The van der Waals surface area contributed by atoms with Crippen LogP contribution in [0, 0.1) is 5.92 Å². The fourth-order valence-corrected chi connectivity index (χ4v) is 3.49. The average molecular weight is 387 g/mol. The summed E-state index contributed by atoms with van der Waals surface area (Å²) in [5.41, 5.74) is 1.11. The van der Waals surface area contributed by atoms with E-state index in [0.29, 0.717) is 23.5 Å². The van der Waals surface area contributed by atoms with E-state index in [9.17, 15) is 14.4 Å². The number of nitrogens with zero attached hydrogens (tertiary/aromatic N) is 2. The van der Waals surface area contributed by atoms with Crippen molar-refractivity contribution in [2.45, 2.75) is 52.6 Å². The summed E-state index contributed by atoms with van der Waals surface area (Å²) in [4.78, 5) is 41.1. The van der Waals surface area contributed by atoms with Gasteiger partial charge in [-0.05, 0) is 43.9 Å². The van der Waals surface area contributed by atoms with Crippen LogP contribution in [-0.4, -0.2) is 48.4 Å². The van der Waals surface area contributed by atoms with Gasteiger partial charge in [-0.3, -0.25) is 19.3 Å². The zero-order valence-electron chi connectivity index (χ0n) is 16.9. The molecule has 1 fully saturated rings. The van der Waals surface area contributed by atoms with E-state index in [1.807, 2.05) is 25.7 Å². The van der Waals surface area contributed by atoms with Crippen LogP contribution in [0.25, 0.3) is 0 Å². The zero-order chi connectivity index (χ0) is 20.3. The molecule has 3 amide bonds. The second-order valence-electron chi connectivity index (χ2n) is 7.71. The number of ether oxygens (including phenoxy) is 1. The van der Waals surface area contributed by atoms with Gasteiger partial charge in [0.1, 0.15) is 12.3 Å². The smallest absolute Gasteiger partial charge is 0.268 e. The first-order chi connectivity index (χ1) is 13.4. The summed E-state index contributed by atoms with van der Waals surface area (Å²) in [5, 5.41) is 2.84. The third-order valence-electron chi connectivity index (χ3n) is 5.23. The van der Waals surface area contributed by atoms with Gasteiger partial charge in [-0.1, -0.05) is 20.8 Å². The lowest BCUT2D eigenvalue weighted by Crippen LogP contribution is -2.51. The molecule has 1 atom stereocenters. The molecule has 0 spiro atoms. The van der Waals surface area contributed by atoms with Crippen molar-refractivity contribution in [2.75, 3.05) is 29.9 Å². The summed E-state index contributed by atoms with van der Waals surface area (Å²) >= 11 is 0. The van der Waals surface area contributed by atoms with Crippen LogP contribution in [0.1, 0.15) is 46.5 Å². The number of piperidine rings is 1. The van der Waals surface area contributed by atoms with Crippen molar-refractivity contribution in [1.29, 1.82) is 0 Å². The molecule has 28 heavy (non-hydrogen) atoms. The highest BCUT2D eigenvalue weighted by Crippen LogP contribution is 2.37. The number of anilines is 2. The van der Waals surface area contributed by atoms with Crippen LogP contribution >= 0.6 is 0 Å².